The van der Waals surface area contributed by atoms with Crippen LogP contribution in [-0.4, -0.2) is 45.2 Å². The molecule has 1 N–H and O–H groups in total. The second-order valence-corrected chi connectivity index (χ2v) is 6.87. The molecule has 0 aromatic heterocycles. The molecule has 116 valence electrons. The van der Waals surface area contributed by atoms with Crippen LogP contribution in [-0.2, 0) is 14.6 Å². The fourth-order valence-corrected chi connectivity index (χ4v) is 2.08. The third kappa shape index (κ3) is 6.05. The first kappa shape index (κ1) is 17.3. The van der Waals surface area contributed by atoms with Gasteiger partial charge in [0, 0.05) is 29.0 Å². The van der Waals surface area contributed by atoms with Gasteiger partial charge in [-0.25, -0.2) is 13.2 Å². The van der Waals surface area contributed by atoms with Gasteiger partial charge in [0.15, 0.2) is 21.3 Å². The summed E-state index contributed by atoms with van der Waals surface area (Å²) >= 11 is 5.91. The Morgan fingerprint density at radius 1 is 1.43 bits per heavy atom. The summed E-state index contributed by atoms with van der Waals surface area (Å²) in [5.74, 6) is -0.763. The van der Waals surface area contributed by atoms with Gasteiger partial charge >= 0.3 is 5.97 Å². The van der Waals surface area contributed by atoms with Crippen LogP contribution >= 0.6 is 11.6 Å². The first-order valence-corrected chi connectivity index (χ1v) is 8.26. The van der Waals surface area contributed by atoms with Gasteiger partial charge in [0.05, 0.1) is 12.9 Å². The molecule has 0 unspecified atom stereocenters. The van der Waals surface area contributed by atoms with Gasteiger partial charge in [0.2, 0.25) is 0 Å². The van der Waals surface area contributed by atoms with E-state index in [1.54, 1.807) is 0 Å². The van der Waals surface area contributed by atoms with Crippen molar-refractivity contribution in [2.75, 3.05) is 25.7 Å². The maximum Gasteiger partial charge on any atom is 0.328 e. The zero-order chi connectivity index (χ0) is 16.0. The molecular weight excluding hydrogens is 320 g/mol. The summed E-state index contributed by atoms with van der Waals surface area (Å²) in [6.45, 7) is -0.0786. The number of carbonyl (C=O) groups is 1. The lowest BCUT2D eigenvalue weighted by Gasteiger charge is -2.13. The SMILES string of the molecule is COc1cc(Cl)cc(/C=C/C(=O)O)c1OCCS(C)(=O)=O. The zero-order valence-electron chi connectivity index (χ0n) is 11.5. The zero-order valence-corrected chi connectivity index (χ0v) is 13.1. The van der Waals surface area contributed by atoms with Crippen molar-refractivity contribution in [3.05, 3.63) is 28.8 Å². The Hall–Kier alpha value is -1.73. The number of benzene rings is 1. The van der Waals surface area contributed by atoms with Gasteiger partial charge in [-0.3, -0.25) is 0 Å². The summed E-state index contributed by atoms with van der Waals surface area (Å²) in [4.78, 5) is 10.6. The summed E-state index contributed by atoms with van der Waals surface area (Å²) in [6, 6.07) is 2.99. The Bertz CT molecular complexity index is 651. The Morgan fingerprint density at radius 3 is 2.62 bits per heavy atom. The molecule has 8 heteroatoms. The lowest BCUT2D eigenvalue weighted by Crippen LogP contribution is -2.13. The largest absolute Gasteiger partial charge is 0.493 e. The normalized spacial score (nSPS) is 11.6. The maximum atomic E-state index is 11.1. The Morgan fingerprint density at radius 2 is 2.10 bits per heavy atom. The van der Waals surface area contributed by atoms with E-state index >= 15 is 0 Å². The van der Waals surface area contributed by atoms with Gasteiger partial charge < -0.3 is 14.6 Å². The molecule has 0 spiro atoms. The van der Waals surface area contributed by atoms with E-state index in [0.717, 1.165) is 12.3 Å². The van der Waals surface area contributed by atoms with E-state index in [1.165, 1.54) is 25.3 Å². The van der Waals surface area contributed by atoms with Crippen LogP contribution in [0, 0.1) is 0 Å². The Kier molecular flexibility index (Phi) is 6.04. The average Bonchev–Trinajstić information content (AvgIpc) is 2.36. The molecule has 0 aliphatic carbocycles. The molecule has 0 amide bonds. The van der Waals surface area contributed by atoms with E-state index < -0.39 is 15.8 Å². The highest BCUT2D eigenvalue weighted by Crippen LogP contribution is 2.35. The highest BCUT2D eigenvalue weighted by atomic mass is 35.5. The van der Waals surface area contributed by atoms with Gasteiger partial charge in [-0.05, 0) is 12.1 Å². The number of hydrogen-bond acceptors (Lipinski definition) is 5. The van der Waals surface area contributed by atoms with Gasteiger partial charge in [-0.15, -0.1) is 0 Å². The fraction of sp³-hybridized carbons (Fsp3) is 0.308. The molecule has 1 rings (SSSR count). The molecule has 0 radical (unpaired) electrons. The van der Waals surface area contributed by atoms with E-state index in [-0.39, 0.29) is 18.1 Å². The molecule has 0 saturated heterocycles. The van der Waals surface area contributed by atoms with E-state index in [9.17, 15) is 13.2 Å². The molecule has 0 aliphatic rings. The molecule has 0 bridgehead atoms. The molecule has 21 heavy (non-hydrogen) atoms. The molecule has 0 saturated carbocycles. The van der Waals surface area contributed by atoms with Crippen molar-refractivity contribution < 1.29 is 27.8 Å². The van der Waals surface area contributed by atoms with Crippen molar-refractivity contribution in [2.45, 2.75) is 0 Å². The van der Waals surface area contributed by atoms with Gasteiger partial charge in [0.25, 0.3) is 0 Å². The third-order valence-electron chi connectivity index (χ3n) is 2.37. The van der Waals surface area contributed by atoms with E-state index in [0.29, 0.717) is 16.3 Å². The summed E-state index contributed by atoms with van der Waals surface area (Å²) in [5.41, 5.74) is 0.384. The van der Waals surface area contributed by atoms with Gasteiger partial charge in [-0.1, -0.05) is 11.6 Å². The minimum absolute atomic E-state index is 0.0786. The molecule has 1 aromatic rings. The van der Waals surface area contributed by atoms with Crippen LogP contribution in [0.15, 0.2) is 18.2 Å². The van der Waals surface area contributed by atoms with Crippen molar-refractivity contribution in [1.29, 1.82) is 0 Å². The predicted octanol–water partition coefficient (Wildman–Crippen LogP) is 1.87. The lowest BCUT2D eigenvalue weighted by molar-refractivity contribution is -0.131. The number of carboxylic acids is 1. The highest BCUT2D eigenvalue weighted by molar-refractivity contribution is 7.90. The van der Waals surface area contributed by atoms with Crippen LogP contribution in [0.25, 0.3) is 6.08 Å². The Balaban J connectivity index is 3.10. The van der Waals surface area contributed by atoms with E-state index in [2.05, 4.69) is 0 Å². The molecule has 1 aromatic carbocycles. The van der Waals surface area contributed by atoms with E-state index in [4.69, 9.17) is 26.2 Å². The highest BCUT2D eigenvalue weighted by Gasteiger charge is 2.13. The topological polar surface area (TPSA) is 89.9 Å². The molecule has 0 aliphatic heterocycles. The molecule has 0 fully saturated rings. The first-order valence-electron chi connectivity index (χ1n) is 5.82. The smallest absolute Gasteiger partial charge is 0.328 e. The number of ether oxygens (including phenoxy) is 2. The Labute approximate surface area is 127 Å². The molecule has 6 nitrogen and oxygen atoms in total. The number of methoxy groups -OCH3 is 1. The lowest BCUT2D eigenvalue weighted by atomic mass is 10.1. The van der Waals surface area contributed by atoms with Crippen LogP contribution in [0.5, 0.6) is 11.5 Å². The van der Waals surface area contributed by atoms with Crippen molar-refractivity contribution >= 4 is 33.5 Å². The maximum absolute atomic E-state index is 11.1. The van der Waals surface area contributed by atoms with Crippen molar-refractivity contribution in [2.24, 2.45) is 0 Å². The fourth-order valence-electron chi connectivity index (χ4n) is 1.47. The van der Waals surface area contributed by atoms with Crippen LogP contribution < -0.4 is 9.47 Å². The van der Waals surface area contributed by atoms with Crippen molar-refractivity contribution in [1.82, 2.24) is 0 Å². The first-order chi connectivity index (χ1) is 9.73. The minimum atomic E-state index is -3.16. The standard InChI is InChI=1S/C13H15ClO6S/c1-19-11-8-10(14)7-9(3-4-12(15)16)13(11)20-5-6-21(2,17)18/h3-4,7-8H,5-6H2,1-2H3,(H,15,16)/b4-3+. The van der Waals surface area contributed by atoms with Crippen LogP contribution in [0.4, 0.5) is 0 Å². The summed E-state index contributed by atoms with van der Waals surface area (Å²) < 4.78 is 32.7. The number of hydrogen-bond donors (Lipinski definition) is 1. The summed E-state index contributed by atoms with van der Waals surface area (Å²) in [6.07, 6.45) is 3.32. The third-order valence-corrected chi connectivity index (χ3v) is 3.50. The number of aliphatic carboxylic acids is 1. The van der Waals surface area contributed by atoms with E-state index in [1.807, 2.05) is 0 Å². The minimum Gasteiger partial charge on any atom is -0.493 e. The quantitative estimate of drug-likeness (QED) is 0.766. The van der Waals surface area contributed by atoms with Crippen molar-refractivity contribution in [3.63, 3.8) is 0 Å². The number of carboxylic acid groups (broad SMARTS) is 1. The van der Waals surface area contributed by atoms with Gasteiger partial charge in [0.1, 0.15) is 6.61 Å². The average molecular weight is 335 g/mol. The van der Waals surface area contributed by atoms with Crippen LogP contribution in [0.3, 0.4) is 0 Å². The number of rotatable bonds is 7. The second-order valence-electron chi connectivity index (χ2n) is 4.18. The van der Waals surface area contributed by atoms with Crippen LogP contribution in [0.2, 0.25) is 5.02 Å². The summed E-state index contributed by atoms with van der Waals surface area (Å²) in [7, 11) is -1.76. The molecule has 0 atom stereocenters. The number of halogens is 1. The molecular formula is C13H15ClO6S. The number of sulfone groups is 1. The predicted molar refractivity (Wildman–Crippen MR) is 79.9 cm³/mol. The second kappa shape index (κ2) is 7.33. The monoisotopic (exact) mass is 334 g/mol. The van der Waals surface area contributed by atoms with Gasteiger partial charge in [-0.2, -0.15) is 0 Å². The summed E-state index contributed by atoms with van der Waals surface area (Å²) in [5, 5.41) is 9.01. The molecule has 0 heterocycles. The van der Waals surface area contributed by atoms with Crippen molar-refractivity contribution in [3.8, 4) is 11.5 Å². The van der Waals surface area contributed by atoms with Crippen LogP contribution in [0.1, 0.15) is 5.56 Å².